The van der Waals surface area contributed by atoms with Crippen LogP contribution >= 0.6 is 0 Å². The fraction of sp³-hybridized carbons (Fsp3) is 1.00. The normalized spacial score (nSPS) is 12.4. The molecule has 0 amide bonds. The Morgan fingerprint density at radius 2 is 2.00 bits per heavy atom. The van der Waals surface area contributed by atoms with Crippen LogP contribution in [0.1, 0.15) is 0 Å². The standard InChI is InChI=1S/C3H9NO2.H2O/c1-4(6)2-3-5;/h5-6H,2-3H2,1H3;1H2. The lowest BCUT2D eigenvalue weighted by Crippen LogP contribution is -3.07. The summed E-state index contributed by atoms with van der Waals surface area (Å²) in [6.07, 6.45) is 0. The predicted octanol–water partition coefficient (Wildman–Crippen LogP) is -2.29. The number of hydrogen-bond donors (Lipinski definition) is 3. The van der Waals surface area contributed by atoms with Crippen LogP contribution in [0.15, 0.2) is 0 Å². The van der Waals surface area contributed by atoms with Crippen molar-refractivity contribution in [2.24, 2.45) is 0 Å². The van der Waals surface area contributed by atoms with Gasteiger partial charge in [-0.05, 0) is 0 Å². The van der Waals surface area contributed by atoms with Gasteiger partial charge in [-0.25, -0.2) is 5.21 Å². The van der Waals surface area contributed by atoms with E-state index in [0.717, 1.165) is 0 Å². The first-order chi connectivity index (χ1) is 2.77. The smallest absolute Gasteiger partial charge is 0.130 e. The predicted molar refractivity (Wildman–Crippen MR) is 22.6 cm³/mol. The van der Waals surface area contributed by atoms with Crippen molar-refractivity contribution in [1.82, 2.24) is 0 Å². The number of quaternary nitrogens is 1. The van der Waals surface area contributed by atoms with Crippen molar-refractivity contribution in [2.75, 3.05) is 20.2 Å². The van der Waals surface area contributed by atoms with Crippen molar-refractivity contribution >= 4 is 0 Å². The minimum Gasteiger partial charge on any atom is -0.870 e. The average molecular weight is 109 g/mol. The summed E-state index contributed by atoms with van der Waals surface area (Å²) in [5, 5.41) is 16.7. The van der Waals surface area contributed by atoms with Gasteiger partial charge in [-0.15, -0.1) is 0 Å². The van der Waals surface area contributed by atoms with E-state index in [1.807, 2.05) is 0 Å². The minimum atomic E-state index is 0. The third-order valence-corrected chi connectivity index (χ3v) is 0.474. The zero-order chi connectivity index (χ0) is 4.99. The topological polar surface area (TPSA) is 74.9 Å². The number of nitrogens with one attached hydrogen (secondary N) is 1. The molecule has 0 aliphatic carbocycles. The second kappa shape index (κ2) is 5.84. The first kappa shape index (κ1) is 9.96. The Balaban J connectivity index is 0. The van der Waals surface area contributed by atoms with Crippen molar-refractivity contribution in [3.63, 3.8) is 0 Å². The second-order valence-electron chi connectivity index (χ2n) is 1.21. The van der Waals surface area contributed by atoms with Gasteiger partial charge in [0, 0.05) is 0 Å². The van der Waals surface area contributed by atoms with Crippen LogP contribution in [-0.2, 0) is 0 Å². The SMILES string of the molecule is C[NH+](O)CCO.[OH-]. The summed E-state index contributed by atoms with van der Waals surface area (Å²) in [5.74, 6) is 0. The maximum absolute atomic E-state index is 8.31. The number of aliphatic hydroxyl groups excluding tert-OH is 1. The van der Waals surface area contributed by atoms with Gasteiger partial charge in [-0.2, -0.15) is 5.06 Å². The van der Waals surface area contributed by atoms with Crippen LogP contribution in [0.4, 0.5) is 0 Å². The van der Waals surface area contributed by atoms with E-state index in [4.69, 9.17) is 10.3 Å². The molecular formula is C3H11NO3. The van der Waals surface area contributed by atoms with Gasteiger partial charge < -0.3 is 10.6 Å². The largest absolute Gasteiger partial charge is 0.870 e. The van der Waals surface area contributed by atoms with Gasteiger partial charge in [0.05, 0.1) is 13.7 Å². The third-order valence-electron chi connectivity index (χ3n) is 0.474. The first-order valence-electron chi connectivity index (χ1n) is 1.89. The molecule has 0 aliphatic rings. The highest BCUT2D eigenvalue weighted by Crippen LogP contribution is 1.35. The van der Waals surface area contributed by atoms with Crippen molar-refractivity contribution in [2.45, 2.75) is 0 Å². The number of hydroxylamine groups is 2. The molecule has 0 saturated heterocycles. The molecule has 0 rings (SSSR count). The molecule has 0 spiro atoms. The Morgan fingerprint density at radius 3 is 2.00 bits per heavy atom. The van der Waals surface area contributed by atoms with Crippen LogP contribution in [0.5, 0.6) is 0 Å². The van der Waals surface area contributed by atoms with Crippen LogP contribution < -0.4 is 5.06 Å². The van der Waals surface area contributed by atoms with E-state index in [9.17, 15) is 0 Å². The average Bonchev–Trinajstić information content (AvgIpc) is 1.35. The van der Waals surface area contributed by atoms with Crippen molar-refractivity contribution < 1.29 is 20.9 Å². The Bertz CT molecular complexity index is 31.4. The van der Waals surface area contributed by atoms with Crippen LogP contribution in [-0.4, -0.2) is 36.0 Å². The lowest BCUT2D eigenvalue weighted by molar-refractivity contribution is -1.07. The van der Waals surface area contributed by atoms with Gasteiger partial charge in [0.1, 0.15) is 6.54 Å². The molecule has 0 heterocycles. The lowest BCUT2D eigenvalue weighted by Gasteiger charge is -1.97. The Labute approximate surface area is 42.3 Å². The van der Waals surface area contributed by atoms with Crippen molar-refractivity contribution in [3.8, 4) is 0 Å². The highest BCUT2D eigenvalue weighted by Gasteiger charge is 1.87. The second-order valence-corrected chi connectivity index (χ2v) is 1.21. The molecule has 1 unspecified atom stereocenters. The maximum Gasteiger partial charge on any atom is 0.130 e. The van der Waals surface area contributed by atoms with E-state index in [1.165, 1.54) is 0 Å². The monoisotopic (exact) mass is 109 g/mol. The molecule has 1 atom stereocenters. The molecule has 0 aromatic heterocycles. The Morgan fingerprint density at radius 1 is 1.57 bits per heavy atom. The van der Waals surface area contributed by atoms with Crippen LogP contribution in [0.25, 0.3) is 0 Å². The molecule has 0 aromatic carbocycles. The Hall–Kier alpha value is -0.160. The fourth-order valence-electron chi connectivity index (χ4n) is 0.162. The zero-order valence-corrected chi connectivity index (χ0v) is 4.26. The summed E-state index contributed by atoms with van der Waals surface area (Å²) in [6, 6.07) is 0. The summed E-state index contributed by atoms with van der Waals surface area (Å²) >= 11 is 0. The summed E-state index contributed by atoms with van der Waals surface area (Å²) in [6.45, 7) is 0.447. The van der Waals surface area contributed by atoms with Gasteiger partial charge in [-0.3, -0.25) is 0 Å². The molecular weight excluding hydrogens is 98.0 g/mol. The van der Waals surface area contributed by atoms with E-state index in [2.05, 4.69) is 0 Å². The molecule has 4 heteroatoms. The number of rotatable bonds is 2. The molecule has 7 heavy (non-hydrogen) atoms. The van der Waals surface area contributed by atoms with Crippen molar-refractivity contribution in [3.05, 3.63) is 0 Å². The van der Waals surface area contributed by atoms with E-state index in [1.54, 1.807) is 7.05 Å². The van der Waals surface area contributed by atoms with Crippen LogP contribution in [0.2, 0.25) is 0 Å². The summed E-state index contributed by atoms with van der Waals surface area (Å²) < 4.78 is 0. The number of hydrogen-bond acceptors (Lipinski definition) is 3. The van der Waals surface area contributed by atoms with Crippen LogP contribution in [0, 0.1) is 0 Å². The minimum absolute atomic E-state index is 0. The summed E-state index contributed by atoms with van der Waals surface area (Å²) in [4.78, 5) is 0. The molecule has 0 fully saturated rings. The number of likely N-dealkylation sites (N-methyl/N-ethyl adjacent to an activating group) is 1. The van der Waals surface area contributed by atoms with E-state index in [0.29, 0.717) is 6.54 Å². The molecule has 46 valence electrons. The molecule has 0 aliphatic heterocycles. The summed E-state index contributed by atoms with van der Waals surface area (Å²) in [5.41, 5.74) is 0. The quantitative estimate of drug-likeness (QED) is 0.349. The molecule has 0 aromatic rings. The van der Waals surface area contributed by atoms with Gasteiger partial charge in [0.2, 0.25) is 0 Å². The van der Waals surface area contributed by atoms with Gasteiger partial charge >= 0.3 is 0 Å². The van der Waals surface area contributed by atoms with Crippen molar-refractivity contribution in [1.29, 1.82) is 0 Å². The van der Waals surface area contributed by atoms with E-state index >= 15 is 0 Å². The van der Waals surface area contributed by atoms with Crippen LogP contribution in [0.3, 0.4) is 0 Å². The summed E-state index contributed by atoms with van der Waals surface area (Å²) in [7, 11) is 1.57. The van der Waals surface area contributed by atoms with E-state index < -0.39 is 0 Å². The van der Waals surface area contributed by atoms with Gasteiger partial charge in [0.15, 0.2) is 0 Å². The number of aliphatic hydroxyl groups is 1. The van der Waals surface area contributed by atoms with E-state index in [-0.39, 0.29) is 17.1 Å². The highest BCUT2D eigenvalue weighted by molar-refractivity contribution is 4.07. The Kier molecular flexibility index (Phi) is 8.31. The third kappa shape index (κ3) is 10.7. The van der Waals surface area contributed by atoms with Gasteiger partial charge in [-0.1, -0.05) is 0 Å². The molecule has 4 nitrogen and oxygen atoms in total. The zero-order valence-electron chi connectivity index (χ0n) is 4.26. The molecule has 4 N–H and O–H groups in total. The highest BCUT2D eigenvalue weighted by atomic mass is 16.5. The molecule has 0 saturated carbocycles. The molecule has 0 radical (unpaired) electrons. The maximum atomic E-state index is 8.31. The lowest BCUT2D eigenvalue weighted by atomic mass is 10.7. The molecule has 0 bridgehead atoms. The fourth-order valence-corrected chi connectivity index (χ4v) is 0.162. The van der Waals surface area contributed by atoms with Gasteiger partial charge in [0.25, 0.3) is 0 Å². The first-order valence-corrected chi connectivity index (χ1v) is 1.89.